The minimum Gasteiger partial charge on any atom is -0.379 e. The number of alkyl halides is 1. The van der Waals surface area contributed by atoms with Gasteiger partial charge in [-0.1, -0.05) is 11.6 Å². The van der Waals surface area contributed by atoms with Crippen LogP contribution in [0.3, 0.4) is 0 Å². The zero-order chi connectivity index (χ0) is 7.82. The van der Waals surface area contributed by atoms with Crippen LogP contribution in [0.1, 0.15) is 19.8 Å². The van der Waals surface area contributed by atoms with Gasteiger partial charge in [0.1, 0.15) is 6.07 Å². The first-order chi connectivity index (χ1) is 4.81. The first-order valence-electron chi connectivity index (χ1n) is 3.47. The zero-order valence-electron chi connectivity index (χ0n) is 6.60. The zero-order valence-corrected chi connectivity index (χ0v) is 7.36. The summed E-state index contributed by atoms with van der Waals surface area (Å²) in [6.07, 6.45) is 3.08. The molecule has 1 rings (SSSR count). The molecule has 1 fully saturated rings. The molecular formula is C7H15ClO2. The normalized spacial score (nSPS) is 23.7. The van der Waals surface area contributed by atoms with E-state index in [0.29, 0.717) is 12.2 Å². The summed E-state index contributed by atoms with van der Waals surface area (Å²) in [5.41, 5.74) is 0. The summed E-state index contributed by atoms with van der Waals surface area (Å²) in [5, 5.41) is 0. The Bertz CT molecular complexity index is 60.6. The van der Waals surface area contributed by atoms with E-state index in [0.717, 1.165) is 6.61 Å². The topological polar surface area (TPSA) is 18.5 Å². The molecule has 0 aromatic carbocycles. The fraction of sp³-hybridized carbons (Fsp3) is 1.00. The highest BCUT2D eigenvalue weighted by molar-refractivity contribution is 6.17. The Morgan fingerprint density at radius 3 is 2.40 bits per heavy atom. The lowest BCUT2D eigenvalue weighted by molar-refractivity contribution is 0.125. The summed E-state index contributed by atoms with van der Waals surface area (Å²) in [5.74, 6) is 0. The van der Waals surface area contributed by atoms with Crippen molar-refractivity contribution < 1.29 is 9.47 Å². The van der Waals surface area contributed by atoms with Crippen molar-refractivity contribution in [2.75, 3.05) is 19.8 Å². The van der Waals surface area contributed by atoms with Gasteiger partial charge in [-0.15, -0.1) is 0 Å². The molecule has 0 bridgehead atoms. The molecule has 10 heavy (non-hydrogen) atoms. The molecule has 0 aromatic rings. The number of methoxy groups -OCH3 is 1. The van der Waals surface area contributed by atoms with Gasteiger partial charge in [0.2, 0.25) is 0 Å². The van der Waals surface area contributed by atoms with Gasteiger partial charge in [0.15, 0.2) is 0 Å². The van der Waals surface area contributed by atoms with Gasteiger partial charge in [0.05, 0.1) is 6.10 Å². The molecule has 2 nitrogen and oxygen atoms in total. The second kappa shape index (κ2) is 7.32. The Labute approximate surface area is 67.5 Å². The second-order valence-electron chi connectivity index (χ2n) is 2.22. The van der Waals surface area contributed by atoms with Gasteiger partial charge < -0.3 is 9.47 Å². The van der Waals surface area contributed by atoms with E-state index in [1.807, 2.05) is 0 Å². The van der Waals surface area contributed by atoms with E-state index < -0.39 is 0 Å². The van der Waals surface area contributed by atoms with Gasteiger partial charge in [0.25, 0.3) is 0 Å². The molecule has 0 spiro atoms. The van der Waals surface area contributed by atoms with E-state index in [1.54, 1.807) is 7.11 Å². The van der Waals surface area contributed by atoms with Crippen molar-refractivity contribution in [1.82, 2.24) is 0 Å². The number of hydrogen-bond acceptors (Lipinski definition) is 2. The Morgan fingerprint density at radius 2 is 2.30 bits per heavy atom. The quantitative estimate of drug-likeness (QED) is 0.555. The Balaban J connectivity index is 0.000000180. The van der Waals surface area contributed by atoms with Crippen LogP contribution < -0.4 is 0 Å². The molecule has 3 heteroatoms. The first-order valence-corrected chi connectivity index (χ1v) is 4.01. The van der Waals surface area contributed by atoms with E-state index in [2.05, 4.69) is 11.7 Å². The first kappa shape index (κ1) is 10.2. The molecule has 62 valence electrons. The SMILES string of the molecule is CC1CCCO1.COCCl. The van der Waals surface area contributed by atoms with E-state index in [9.17, 15) is 0 Å². The lowest BCUT2D eigenvalue weighted by Gasteiger charge is -1.94. The van der Waals surface area contributed by atoms with E-state index in [1.165, 1.54) is 12.8 Å². The van der Waals surface area contributed by atoms with Crippen LogP contribution in [-0.2, 0) is 9.47 Å². The monoisotopic (exact) mass is 166 g/mol. The van der Waals surface area contributed by atoms with Crippen LogP contribution in [0.15, 0.2) is 0 Å². The molecule has 1 saturated heterocycles. The van der Waals surface area contributed by atoms with Gasteiger partial charge in [-0.2, -0.15) is 0 Å². The molecular weight excluding hydrogens is 152 g/mol. The van der Waals surface area contributed by atoms with Gasteiger partial charge in [-0.3, -0.25) is 0 Å². The lowest BCUT2D eigenvalue weighted by Crippen LogP contribution is -1.94. The van der Waals surface area contributed by atoms with Crippen LogP contribution in [0.2, 0.25) is 0 Å². The molecule has 1 atom stereocenters. The van der Waals surface area contributed by atoms with Crippen molar-refractivity contribution in [3.8, 4) is 0 Å². The third-order valence-electron chi connectivity index (χ3n) is 1.27. The Kier molecular flexibility index (Phi) is 7.47. The number of halogens is 1. The predicted octanol–water partition coefficient (Wildman–Crippen LogP) is 2.01. The van der Waals surface area contributed by atoms with Gasteiger partial charge in [0, 0.05) is 13.7 Å². The van der Waals surface area contributed by atoms with Crippen molar-refractivity contribution in [1.29, 1.82) is 0 Å². The third-order valence-corrected chi connectivity index (χ3v) is 1.48. The molecule has 0 N–H and O–H groups in total. The average molecular weight is 167 g/mol. The lowest BCUT2D eigenvalue weighted by atomic mass is 10.3. The fourth-order valence-electron chi connectivity index (χ4n) is 0.739. The summed E-state index contributed by atoms with van der Waals surface area (Å²) < 4.78 is 9.46. The minimum absolute atomic E-state index is 0.292. The predicted molar refractivity (Wildman–Crippen MR) is 42.4 cm³/mol. The third kappa shape index (κ3) is 6.33. The molecule has 1 unspecified atom stereocenters. The molecule has 1 aliphatic heterocycles. The number of ether oxygens (including phenoxy) is 2. The molecule has 0 amide bonds. The van der Waals surface area contributed by atoms with Crippen LogP contribution in [0.4, 0.5) is 0 Å². The molecule has 0 aliphatic carbocycles. The smallest absolute Gasteiger partial charge is 0.120 e. The van der Waals surface area contributed by atoms with Crippen molar-refractivity contribution in [3.05, 3.63) is 0 Å². The highest BCUT2D eigenvalue weighted by atomic mass is 35.5. The van der Waals surface area contributed by atoms with E-state index in [4.69, 9.17) is 16.3 Å². The largest absolute Gasteiger partial charge is 0.379 e. The average Bonchev–Trinajstić information content (AvgIpc) is 2.40. The fourth-order valence-corrected chi connectivity index (χ4v) is 0.739. The van der Waals surface area contributed by atoms with Crippen molar-refractivity contribution in [2.24, 2.45) is 0 Å². The molecule has 1 aliphatic rings. The van der Waals surface area contributed by atoms with E-state index >= 15 is 0 Å². The standard InChI is InChI=1S/C5H10O.C2H5ClO/c1-5-3-2-4-6-5;1-4-2-3/h5H,2-4H2,1H3;2H2,1H3. The van der Waals surface area contributed by atoms with Crippen LogP contribution >= 0.6 is 11.6 Å². The highest BCUT2D eigenvalue weighted by Gasteiger charge is 2.07. The van der Waals surface area contributed by atoms with E-state index in [-0.39, 0.29) is 0 Å². The summed E-state index contributed by atoms with van der Waals surface area (Å²) in [7, 11) is 1.55. The van der Waals surface area contributed by atoms with Gasteiger partial charge in [-0.25, -0.2) is 0 Å². The second-order valence-corrected chi connectivity index (χ2v) is 2.44. The number of hydrogen-bond donors (Lipinski definition) is 0. The van der Waals surface area contributed by atoms with Crippen LogP contribution in [0, 0.1) is 0 Å². The maximum atomic E-state index is 5.15. The summed E-state index contributed by atoms with van der Waals surface area (Å²) >= 11 is 4.96. The Hall–Kier alpha value is 0.210. The molecule has 0 radical (unpaired) electrons. The maximum absolute atomic E-state index is 5.15. The molecule has 1 heterocycles. The highest BCUT2D eigenvalue weighted by Crippen LogP contribution is 2.09. The number of rotatable bonds is 1. The van der Waals surface area contributed by atoms with Crippen LogP contribution in [-0.4, -0.2) is 25.9 Å². The summed E-state index contributed by atoms with van der Waals surface area (Å²) in [4.78, 5) is 0. The summed E-state index contributed by atoms with van der Waals surface area (Å²) in [6, 6.07) is 0.292. The van der Waals surface area contributed by atoms with Gasteiger partial charge >= 0.3 is 0 Å². The van der Waals surface area contributed by atoms with Crippen molar-refractivity contribution >= 4 is 11.6 Å². The van der Waals surface area contributed by atoms with Gasteiger partial charge in [-0.05, 0) is 19.8 Å². The van der Waals surface area contributed by atoms with Crippen molar-refractivity contribution in [2.45, 2.75) is 25.9 Å². The minimum atomic E-state index is 0.292. The van der Waals surface area contributed by atoms with Crippen LogP contribution in [0.25, 0.3) is 0 Å². The molecule has 0 aromatic heterocycles. The molecule has 0 saturated carbocycles. The summed E-state index contributed by atoms with van der Waals surface area (Å²) in [6.45, 7) is 3.11. The van der Waals surface area contributed by atoms with Crippen LogP contribution in [0.5, 0.6) is 0 Å². The maximum Gasteiger partial charge on any atom is 0.120 e. The van der Waals surface area contributed by atoms with Crippen molar-refractivity contribution in [3.63, 3.8) is 0 Å². The Morgan fingerprint density at radius 1 is 1.70 bits per heavy atom.